The van der Waals surface area contributed by atoms with Crippen molar-refractivity contribution < 1.29 is 18.8 Å². The summed E-state index contributed by atoms with van der Waals surface area (Å²) in [7, 11) is 0. The molecule has 0 bridgehead atoms. The third kappa shape index (κ3) is 6.21. The Morgan fingerprint density at radius 1 is 1.21 bits per heavy atom. The summed E-state index contributed by atoms with van der Waals surface area (Å²) in [6.45, 7) is 10.8. The van der Waals surface area contributed by atoms with E-state index in [1.807, 2.05) is 12.1 Å². The Morgan fingerprint density at radius 3 is 2.72 bits per heavy atom. The minimum Gasteiger partial charge on any atom is -0.389 e. The number of fused-ring (bicyclic) bond motifs is 1. The summed E-state index contributed by atoms with van der Waals surface area (Å²) in [5.74, 6) is -0.171. The van der Waals surface area contributed by atoms with Crippen molar-refractivity contribution in [2.45, 2.75) is 19.4 Å². The zero-order valence-corrected chi connectivity index (χ0v) is 21.8. The number of carbonyl (C=O) groups excluding carboxylic acids is 1. The van der Waals surface area contributed by atoms with Gasteiger partial charge in [-0.2, -0.15) is 0 Å². The van der Waals surface area contributed by atoms with E-state index in [1.165, 1.54) is 18.3 Å². The van der Waals surface area contributed by atoms with E-state index >= 15 is 4.39 Å². The van der Waals surface area contributed by atoms with Crippen LogP contribution < -0.4 is 15.5 Å². The minimum absolute atomic E-state index is 0.190. The maximum atomic E-state index is 15.1. The molecule has 1 saturated heterocycles. The summed E-state index contributed by atoms with van der Waals surface area (Å²) >= 11 is 0. The van der Waals surface area contributed by atoms with E-state index in [2.05, 4.69) is 42.1 Å². The van der Waals surface area contributed by atoms with Crippen LogP contribution in [0.5, 0.6) is 0 Å². The molecule has 0 saturated carbocycles. The molecular formula is C28H30FN7O3. The largest absolute Gasteiger partial charge is 0.389 e. The molecule has 11 heteroatoms. The van der Waals surface area contributed by atoms with Gasteiger partial charge in [0.05, 0.1) is 17.5 Å². The van der Waals surface area contributed by atoms with Gasteiger partial charge in [0.25, 0.3) is 0 Å². The van der Waals surface area contributed by atoms with Gasteiger partial charge in [-0.3, -0.25) is 9.69 Å². The van der Waals surface area contributed by atoms with E-state index in [0.29, 0.717) is 34.6 Å². The summed E-state index contributed by atoms with van der Waals surface area (Å²) in [5.41, 5.74) is 2.40. The Morgan fingerprint density at radius 2 is 2.00 bits per heavy atom. The third-order valence-corrected chi connectivity index (χ3v) is 6.34. The predicted octanol–water partition coefficient (Wildman–Crippen LogP) is 4.18. The van der Waals surface area contributed by atoms with Crippen molar-refractivity contribution in [3.8, 4) is 11.3 Å². The van der Waals surface area contributed by atoms with Crippen LogP contribution in [0.2, 0.25) is 0 Å². The quantitative estimate of drug-likeness (QED) is 0.288. The van der Waals surface area contributed by atoms with Crippen LogP contribution in [0.3, 0.4) is 0 Å². The summed E-state index contributed by atoms with van der Waals surface area (Å²) in [5, 5.41) is 19.7. The van der Waals surface area contributed by atoms with Gasteiger partial charge in [0.15, 0.2) is 11.3 Å². The first-order chi connectivity index (χ1) is 18.7. The van der Waals surface area contributed by atoms with Gasteiger partial charge >= 0.3 is 0 Å². The molecule has 0 radical (unpaired) electrons. The monoisotopic (exact) mass is 531 g/mol. The van der Waals surface area contributed by atoms with Crippen LogP contribution in [0, 0.1) is 5.82 Å². The topological polar surface area (TPSA) is 120 Å². The summed E-state index contributed by atoms with van der Waals surface area (Å²) in [6, 6.07) is 12.1. The number of nitrogens with zero attached hydrogens (tertiary/aromatic N) is 5. The van der Waals surface area contributed by atoms with Gasteiger partial charge in [0.2, 0.25) is 11.9 Å². The molecule has 3 N–H and O–H groups in total. The second-order valence-electron chi connectivity index (χ2n) is 10.1. The highest BCUT2D eigenvalue weighted by atomic mass is 19.1. The Balaban J connectivity index is 1.31. The standard InChI is InChI=1S/C28H30FN7O3/c1-4-24(37)31-19-7-5-6-18(14-19)26-25-23(34-39-26)16-30-27(33-25)32-22-9-8-20(15-21(22)29)36-12-10-35(11-13-36)17-28(2,3)38/h4-9,14-16,38H,1,10-13,17H2,2-3H3,(H,31,37)(H,32,33). The van der Waals surface area contributed by atoms with E-state index in [4.69, 9.17) is 4.52 Å². The lowest BCUT2D eigenvalue weighted by Gasteiger charge is -2.38. The molecule has 1 fully saturated rings. The highest BCUT2D eigenvalue weighted by Gasteiger charge is 2.23. The number of nitrogens with one attached hydrogen (secondary N) is 2. The first kappa shape index (κ1) is 26.3. The van der Waals surface area contributed by atoms with Crippen molar-refractivity contribution in [3.05, 3.63) is 67.1 Å². The number of amides is 1. The fourth-order valence-electron chi connectivity index (χ4n) is 4.56. The molecule has 0 spiro atoms. The highest BCUT2D eigenvalue weighted by Crippen LogP contribution is 2.30. The number of piperazine rings is 1. The summed E-state index contributed by atoms with van der Waals surface area (Å²) in [4.78, 5) is 24.8. The minimum atomic E-state index is -0.743. The molecule has 3 heterocycles. The first-order valence-corrected chi connectivity index (χ1v) is 12.6. The Bertz CT molecular complexity index is 1510. The molecule has 39 heavy (non-hydrogen) atoms. The fourth-order valence-corrected chi connectivity index (χ4v) is 4.56. The van der Waals surface area contributed by atoms with Crippen molar-refractivity contribution in [2.75, 3.05) is 48.3 Å². The lowest BCUT2D eigenvalue weighted by atomic mass is 10.1. The fraction of sp³-hybridized carbons (Fsp3) is 0.286. The lowest BCUT2D eigenvalue weighted by Crippen LogP contribution is -2.50. The molecule has 1 amide bonds. The maximum Gasteiger partial charge on any atom is 0.247 e. The molecular weight excluding hydrogens is 501 g/mol. The number of anilines is 4. The van der Waals surface area contributed by atoms with E-state index in [0.717, 1.165) is 31.9 Å². The van der Waals surface area contributed by atoms with Crippen LogP contribution in [0.4, 0.5) is 27.4 Å². The average molecular weight is 532 g/mol. The van der Waals surface area contributed by atoms with Gasteiger partial charge in [-0.05, 0) is 50.3 Å². The van der Waals surface area contributed by atoms with E-state index in [9.17, 15) is 9.90 Å². The van der Waals surface area contributed by atoms with E-state index in [-0.39, 0.29) is 17.5 Å². The zero-order valence-electron chi connectivity index (χ0n) is 21.8. The number of benzene rings is 2. The number of halogens is 1. The molecule has 2 aromatic heterocycles. The van der Waals surface area contributed by atoms with Gasteiger partial charge in [-0.25, -0.2) is 14.4 Å². The average Bonchev–Trinajstić information content (AvgIpc) is 3.33. The maximum absolute atomic E-state index is 15.1. The van der Waals surface area contributed by atoms with Crippen LogP contribution in [0.15, 0.2) is 65.8 Å². The van der Waals surface area contributed by atoms with Gasteiger partial charge in [0.1, 0.15) is 11.3 Å². The number of hydrogen-bond acceptors (Lipinski definition) is 9. The number of carbonyl (C=O) groups is 1. The smallest absolute Gasteiger partial charge is 0.247 e. The second-order valence-corrected chi connectivity index (χ2v) is 10.1. The molecule has 0 unspecified atom stereocenters. The molecule has 0 atom stereocenters. The first-order valence-electron chi connectivity index (χ1n) is 12.6. The van der Waals surface area contributed by atoms with Gasteiger partial charge in [0, 0.05) is 49.7 Å². The second kappa shape index (κ2) is 10.8. The van der Waals surface area contributed by atoms with Gasteiger partial charge < -0.3 is 25.2 Å². The molecule has 5 rings (SSSR count). The number of aromatic nitrogens is 3. The molecule has 4 aromatic rings. The number of aliphatic hydroxyl groups is 1. The van der Waals surface area contributed by atoms with Crippen molar-refractivity contribution in [3.63, 3.8) is 0 Å². The molecule has 10 nitrogen and oxygen atoms in total. The lowest BCUT2D eigenvalue weighted by molar-refractivity contribution is -0.111. The number of hydrogen-bond donors (Lipinski definition) is 3. The molecule has 0 aliphatic carbocycles. The van der Waals surface area contributed by atoms with Gasteiger partial charge in [-0.15, -0.1) is 0 Å². The Kier molecular flexibility index (Phi) is 7.27. The van der Waals surface area contributed by atoms with Crippen LogP contribution >= 0.6 is 0 Å². The molecule has 1 aliphatic heterocycles. The van der Waals surface area contributed by atoms with Crippen molar-refractivity contribution >= 4 is 40.0 Å². The molecule has 202 valence electrons. The van der Waals surface area contributed by atoms with Crippen molar-refractivity contribution in [1.82, 2.24) is 20.0 Å². The van der Waals surface area contributed by atoms with Crippen LogP contribution in [-0.2, 0) is 4.79 Å². The van der Waals surface area contributed by atoms with E-state index in [1.54, 1.807) is 38.1 Å². The molecule has 1 aliphatic rings. The normalized spacial score (nSPS) is 14.4. The van der Waals surface area contributed by atoms with Gasteiger partial charge in [-0.1, -0.05) is 23.9 Å². The number of β-amino-alcohol motifs (C(OH)–C–C–N with tert-alkyl or cyclic N) is 1. The van der Waals surface area contributed by atoms with Crippen molar-refractivity contribution in [1.29, 1.82) is 0 Å². The van der Waals surface area contributed by atoms with Crippen LogP contribution in [-0.4, -0.2) is 69.4 Å². The van der Waals surface area contributed by atoms with E-state index < -0.39 is 11.4 Å². The van der Waals surface area contributed by atoms with Crippen LogP contribution in [0.25, 0.3) is 22.4 Å². The SMILES string of the molecule is C=CC(=O)Nc1cccc(-c2onc3cnc(Nc4ccc(N5CCN(CC(C)(C)O)CC5)cc4F)nc23)c1. The highest BCUT2D eigenvalue weighted by molar-refractivity contribution is 5.99. The summed E-state index contributed by atoms with van der Waals surface area (Å²) < 4.78 is 20.6. The predicted molar refractivity (Wildman–Crippen MR) is 148 cm³/mol. The van der Waals surface area contributed by atoms with Crippen molar-refractivity contribution in [2.24, 2.45) is 0 Å². The summed E-state index contributed by atoms with van der Waals surface area (Å²) in [6.07, 6.45) is 2.69. The third-order valence-electron chi connectivity index (χ3n) is 6.34. The Hall–Kier alpha value is -4.35. The zero-order chi connectivity index (χ0) is 27.6. The number of rotatable bonds is 8. The van der Waals surface area contributed by atoms with Crippen LogP contribution in [0.1, 0.15) is 13.8 Å². The molecule has 2 aromatic carbocycles. The Labute approximate surface area is 225 Å².